The molecule has 0 saturated carbocycles. The highest BCUT2D eigenvalue weighted by atomic mass is 16.3. The lowest BCUT2D eigenvalue weighted by molar-refractivity contribution is -0.126. The average molecular weight is 365 g/mol. The monoisotopic (exact) mass is 365 g/mol. The zero-order valence-electron chi connectivity index (χ0n) is 16.0. The number of carbonyl (C=O) groups is 2. The third-order valence-corrected chi connectivity index (χ3v) is 5.56. The van der Waals surface area contributed by atoms with Crippen molar-refractivity contribution in [2.24, 2.45) is 0 Å². The summed E-state index contributed by atoms with van der Waals surface area (Å²) in [6.07, 6.45) is 1.60. The Morgan fingerprint density at radius 3 is 2.59 bits per heavy atom. The van der Waals surface area contributed by atoms with Crippen LogP contribution in [0.3, 0.4) is 0 Å². The number of rotatable bonds is 3. The highest BCUT2D eigenvalue weighted by Crippen LogP contribution is 2.37. The van der Waals surface area contributed by atoms with E-state index in [0.29, 0.717) is 18.7 Å². The maximum absolute atomic E-state index is 13.2. The molecule has 1 atom stereocenters. The molecule has 0 bridgehead atoms. The van der Waals surface area contributed by atoms with Crippen LogP contribution in [-0.4, -0.2) is 35.3 Å². The Kier molecular flexibility index (Phi) is 4.06. The molecule has 3 amide bonds. The van der Waals surface area contributed by atoms with E-state index in [1.54, 1.807) is 23.1 Å². The van der Waals surface area contributed by atoms with Crippen molar-refractivity contribution in [1.82, 2.24) is 15.1 Å². The van der Waals surface area contributed by atoms with Gasteiger partial charge in [-0.25, -0.2) is 4.79 Å². The van der Waals surface area contributed by atoms with Crippen LogP contribution in [0.15, 0.2) is 46.2 Å². The zero-order chi connectivity index (χ0) is 19.3. The predicted octanol–water partition coefficient (Wildman–Crippen LogP) is 3.20. The quantitative estimate of drug-likeness (QED) is 0.908. The molecule has 27 heavy (non-hydrogen) atoms. The molecule has 0 spiro atoms. The van der Waals surface area contributed by atoms with Gasteiger partial charge in [-0.1, -0.05) is 12.1 Å². The van der Waals surface area contributed by atoms with E-state index < -0.39 is 6.04 Å². The van der Waals surface area contributed by atoms with E-state index in [9.17, 15) is 9.59 Å². The number of nitrogens with zero attached hydrogens (tertiary/aromatic N) is 2. The molecule has 2 aliphatic heterocycles. The van der Waals surface area contributed by atoms with Crippen LogP contribution in [0.1, 0.15) is 34.1 Å². The molecule has 4 rings (SSSR count). The number of hydrogen-bond donors (Lipinski definition) is 1. The molecule has 6 heteroatoms. The van der Waals surface area contributed by atoms with Gasteiger partial charge in [-0.05, 0) is 55.2 Å². The van der Waals surface area contributed by atoms with Crippen LogP contribution >= 0.6 is 0 Å². The fourth-order valence-corrected chi connectivity index (χ4v) is 3.87. The van der Waals surface area contributed by atoms with Gasteiger partial charge in [-0.15, -0.1) is 0 Å². The molecule has 0 aliphatic carbocycles. The SMILES string of the molecule is Cc1cc(C)c([C@@H]2NC(=O)N(C)C3=C2C(=O)N(Cc2ccco2)C3)cc1C. The second kappa shape index (κ2) is 6.30. The van der Waals surface area contributed by atoms with E-state index in [0.717, 1.165) is 28.1 Å². The number of carbonyl (C=O) groups excluding carboxylic acids is 2. The Morgan fingerprint density at radius 2 is 1.89 bits per heavy atom. The lowest BCUT2D eigenvalue weighted by Gasteiger charge is -2.32. The maximum atomic E-state index is 13.2. The van der Waals surface area contributed by atoms with Crippen LogP contribution < -0.4 is 5.32 Å². The molecule has 1 N–H and O–H groups in total. The normalized spacial score (nSPS) is 19.6. The summed E-state index contributed by atoms with van der Waals surface area (Å²) >= 11 is 0. The Bertz CT molecular complexity index is 959. The molecular weight excluding hydrogens is 342 g/mol. The Morgan fingerprint density at radius 1 is 1.15 bits per heavy atom. The van der Waals surface area contributed by atoms with Gasteiger partial charge >= 0.3 is 6.03 Å². The maximum Gasteiger partial charge on any atom is 0.322 e. The van der Waals surface area contributed by atoms with E-state index >= 15 is 0 Å². The molecule has 1 aromatic heterocycles. The smallest absolute Gasteiger partial charge is 0.322 e. The van der Waals surface area contributed by atoms with Crippen molar-refractivity contribution >= 4 is 11.9 Å². The zero-order valence-corrected chi connectivity index (χ0v) is 16.0. The number of hydrogen-bond acceptors (Lipinski definition) is 3. The highest BCUT2D eigenvalue weighted by molar-refractivity contribution is 6.01. The van der Waals surface area contributed by atoms with Crippen molar-refractivity contribution < 1.29 is 14.0 Å². The van der Waals surface area contributed by atoms with Crippen molar-refractivity contribution in [3.8, 4) is 0 Å². The van der Waals surface area contributed by atoms with Crippen molar-refractivity contribution in [2.75, 3.05) is 13.6 Å². The van der Waals surface area contributed by atoms with Crippen molar-refractivity contribution in [3.63, 3.8) is 0 Å². The van der Waals surface area contributed by atoms with Crippen LogP contribution in [0.4, 0.5) is 4.79 Å². The lowest BCUT2D eigenvalue weighted by atomic mass is 9.90. The second-order valence-electron chi connectivity index (χ2n) is 7.34. The highest BCUT2D eigenvalue weighted by Gasteiger charge is 2.43. The fraction of sp³-hybridized carbons (Fsp3) is 0.333. The number of furan rings is 1. The van der Waals surface area contributed by atoms with Crippen LogP contribution in [0, 0.1) is 20.8 Å². The fourth-order valence-electron chi connectivity index (χ4n) is 3.87. The Balaban J connectivity index is 1.74. The molecular formula is C21H23N3O3. The van der Waals surface area contributed by atoms with Gasteiger partial charge in [0.2, 0.25) is 0 Å². The number of amides is 3. The van der Waals surface area contributed by atoms with E-state index in [1.165, 1.54) is 5.56 Å². The Labute approximate surface area is 158 Å². The Hall–Kier alpha value is -3.02. The van der Waals surface area contributed by atoms with Gasteiger partial charge in [-0.2, -0.15) is 0 Å². The molecule has 0 radical (unpaired) electrons. The van der Waals surface area contributed by atoms with Gasteiger partial charge < -0.3 is 14.6 Å². The van der Waals surface area contributed by atoms with Gasteiger partial charge in [0.1, 0.15) is 5.76 Å². The molecule has 2 aromatic rings. The first kappa shape index (κ1) is 17.4. The van der Waals surface area contributed by atoms with Gasteiger partial charge in [0.15, 0.2) is 0 Å². The molecule has 1 aromatic carbocycles. The van der Waals surface area contributed by atoms with E-state index in [-0.39, 0.29) is 11.9 Å². The lowest BCUT2D eigenvalue weighted by Crippen LogP contribution is -2.45. The molecule has 2 aliphatic rings. The van der Waals surface area contributed by atoms with Crippen molar-refractivity contribution in [1.29, 1.82) is 0 Å². The molecule has 0 saturated heterocycles. The van der Waals surface area contributed by atoms with Gasteiger partial charge in [-0.3, -0.25) is 9.69 Å². The average Bonchev–Trinajstić information content (AvgIpc) is 3.24. The molecule has 0 unspecified atom stereocenters. The van der Waals surface area contributed by atoms with E-state index in [2.05, 4.69) is 24.4 Å². The number of likely N-dealkylation sites (N-methyl/N-ethyl adjacent to an activating group) is 1. The number of nitrogens with one attached hydrogen (secondary N) is 1. The minimum absolute atomic E-state index is 0.0594. The second-order valence-corrected chi connectivity index (χ2v) is 7.34. The minimum atomic E-state index is -0.433. The first-order valence-corrected chi connectivity index (χ1v) is 9.03. The topological polar surface area (TPSA) is 65.8 Å². The van der Waals surface area contributed by atoms with Crippen LogP contribution in [-0.2, 0) is 11.3 Å². The van der Waals surface area contributed by atoms with Crippen LogP contribution in [0.2, 0.25) is 0 Å². The molecule has 0 fully saturated rings. The van der Waals surface area contributed by atoms with Crippen LogP contribution in [0.25, 0.3) is 0 Å². The van der Waals surface area contributed by atoms with Crippen molar-refractivity contribution in [2.45, 2.75) is 33.4 Å². The number of benzene rings is 1. The largest absolute Gasteiger partial charge is 0.467 e. The van der Waals surface area contributed by atoms with Gasteiger partial charge in [0.25, 0.3) is 5.91 Å². The minimum Gasteiger partial charge on any atom is -0.467 e. The van der Waals surface area contributed by atoms with Crippen LogP contribution in [0.5, 0.6) is 0 Å². The van der Waals surface area contributed by atoms with Crippen molar-refractivity contribution in [3.05, 3.63) is 69.8 Å². The predicted molar refractivity (Wildman–Crippen MR) is 101 cm³/mol. The summed E-state index contributed by atoms with van der Waals surface area (Å²) in [7, 11) is 1.71. The summed E-state index contributed by atoms with van der Waals surface area (Å²) in [4.78, 5) is 29.0. The standard InChI is InChI=1S/C21H23N3O3/c1-12-8-14(3)16(9-13(12)2)19-18-17(23(4)21(26)22-19)11-24(20(18)25)10-15-6-5-7-27-15/h5-9,19H,10-11H2,1-4H3,(H,22,26)/t19-/m0/s1. The summed E-state index contributed by atoms with van der Waals surface area (Å²) in [5, 5.41) is 3.01. The van der Waals surface area contributed by atoms with Gasteiger partial charge in [0.05, 0.1) is 36.7 Å². The molecule has 6 nitrogen and oxygen atoms in total. The number of aryl methyl sites for hydroxylation is 3. The van der Waals surface area contributed by atoms with Gasteiger partial charge in [0, 0.05) is 7.05 Å². The summed E-state index contributed by atoms with van der Waals surface area (Å²) in [5.74, 6) is 0.667. The summed E-state index contributed by atoms with van der Waals surface area (Å²) in [6.45, 7) is 6.92. The first-order valence-electron chi connectivity index (χ1n) is 9.03. The number of urea groups is 1. The summed E-state index contributed by atoms with van der Waals surface area (Å²) in [5.41, 5.74) is 5.79. The van der Waals surface area contributed by atoms with E-state index in [4.69, 9.17) is 4.42 Å². The molecule has 140 valence electrons. The van der Waals surface area contributed by atoms with E-state index in [1.807, 2.05) is 26.0 Å². The first-order chi connectivity index (χ1) is 12.9. The third kappa shape index (κ3) is 2.81. The molecule has 3 heterocycles. The summed E-state index contributed by atoms with van der Waals surface area (Å²) < 4.78 is 5.40. The summed E-state index contributed by atoms with van der Waals surface area (Å²) in [6, 6.07) is 7.22. The third-order valence-electron chi connectivity index (χ3n) is 5.56.